The number of aromatic nitrogens is 1. The zero-order valence-corrected chi connectivity index (χ0v) is 15.9. The average molecular weight is 404 g/mol. The Morgan fingerprint density at radius 1 is 1.21 bits per heavy atom. The van der Waals surface area contributed by atoms with E-state index in [2.05, 4.69) is 10.3 Å². The summed E-state index contributed by atoms with van der Waals surface area (Å²) in [6.45, 7) is 1.09. The lowest BCUT2D eigenvalue weighted by Crippen LogP contribution is -2.31. The van der Waals surface area contributed by atoms with E-state index in [0.29, 0.717) is 6.42 Å². The van der Waals surface area contributed by atoms with E-state index in [1.54, 1.807) is 6.92 Å². The van der Waals surface area contributed by atoms with Crippen molar-refractivity contribution < 1.29 is 23.1 Å². The van der Waals surface area contributed by atoms with Gasteiger partial charge in [0.05, 0.1) is 27.7 Å². The Morgan fingerprint density at radius 3 is 2.75 bits per heavy atom. The Morgan fingerprint density at radius 2 is 2.00 bits per heavy atom. The molecule has 1 atom stereocenters. The number of benzene rings is 2. The van der Waals surface area contributed by atoms with Gasteiger partial charge in [0.1, 0.15) is 11.6 Å². The van der Waals surface area contributed by atoms with Crippen LogP contribution < -0.4 is 5.32 Å². The van der Waals surface area contributed by atoms with Crippen LogP contribution in [0.2, 0.25) is 0 Å². The van der Waals surface area contributed by atoms with Crippen LogP contribution in [-0.2, 0) is 20.7 Å². The van der Waals surface area contributed by atoms with Crippen molar-refractivity contribution in [2.75, 3.05) is 6.61 Å². The third-order valence-corrected chi connectivity index (χ3v) is 5.15. The molecular weight excluding hydrogens is 386 g/mol. The Hall–Kier alpha value is -2.87. The van der Waals surface area contributed by atoms with Crippen molar-refractivity contribution in [1.82, 2.24) is 10.3 Å². The molecule has 28 heavy (non-hydrogen) atoms. The molecule has 0 radical (unpaired) electrons. The lowest BCUT2D eigenvalue weighted by Gasteiger charge is -2.15. The second kappa shape index (κ2) is 8.88. The molecule has 1 heterocycles. The van der Waals surface area contributed by atoms with Crippen LogP contribution in [0.15, 0.2) is 42.5 Å². The first kappa shape index (κ1) is 19.9. The van der Waals surface area contributed by atoms with Gasteiger partial charge in [-0.1, -0.05) is 18.2 Å². The number of fused-ring (bicyclic) bond motifs is 1. The number of carbonyl (C=O) groups is 2. The predicted molar refractivity (Wildman–Crippen MR) is 102 cm³/mol. The molecule has 3 rings (SSSR count). The standard InChI is InChI=1S/C20H18F2N2O3S/c1-12(14-7-6-13(21)10-15(14)22)23-18(25)11-27-20(26)9-8-19-24-16-4-2-3-5-17(16)28-19/h2-7,10,12H,8-9,11H2,1H3,(H,23,25)/t12-/m1/s1. The van der Waals surface area contributed by atoms with Gasteiger partial charge in [-0.2, -0.15) is 0 Å². The maximum absolute atomic E-state index is 13.7. The van der Waals surface area contributed by atoms with E-state index >= 15 is 0 Å². The monoisotopic (exact) mass is 404 g/mol. The number of hydrogen-bond donors (Lipinski definition) is 1. The molecule has 0 saturated heterocycles. The molecule has 146 valence electrons. The summed E-state index contributed by atoms with van der Waals surface area (Å²) < 4.78 is 32.7. The van der Waals surface area contributed by atoms with Gasteiger partial charge in [0, 0.05) is 18.1 Å². The first-order valence-corrected chi connectivity index (χ1v) is 9.48. The number of rotatable bonds is 7. The Labute approximate surface area is 164 Å². The Balaban J connectivity index is 1.44. The molecule has 1 amide bonds. The third-order valence-electron chi connectivity index (χ3n) is 4.05. The number of esters is 1. The van der Waals surface area contributed by atoms with E-state index < -0.39 is 36.2 Å². The molecular formula is C20H18F2N2O3S. The summed E-state index contributed by atoms with van der Waals surface area (Å²) in [6, 6.07) is 10.1. The number of halogens is 2. The van der Waals surface area contributed by atoms with Crippen molar-refractivity contribution in [3.63, 3.8) is 0 Å². The highest BCUT2D eigenvalue weighted by Crippen LogP contribution is 2.22. The molecule has 0 bridgehead atoms. The largest absolute Gasteiger partial charge is 0.456 e. The summed E-state index contributed by atoms with van der Waals surface area (Å²) in [5.41, 5.74) is 1.04. The lowest BCUT2D eigenvalue weighted by atomic mass is 10.1. The number of aryl methyl sites for hydroxylation is 1. The molecule has 2 aromatic carbocycles. The number of amides is 1. The van der Waals surface area contributed by atoms with Gasteiger partial charge in [-0.25, -0.2) is 13.8 Å². The highest BCUT2D eigenvalue weighted by Gasteiger charge is 2.16. The zero-order chi connectivity index (χ0) is 20.1. The summed E-state index contributed by atoms with van der Waals surface area (Å²) in [6.07, 6.45) is 0.534. The van der Waals surface area contributed by atoms with Crippen molar-refractivity contribution >= 4 is 33.4 Å². The van der Waals surface area contributed by atoms with E-state index in [-0.39, 0.29) is 12.0 Å². The van der Waals surface area contributed by atoms with Gasteiger partial charge in [-0.15, -0.1) is 11.3 Å². The fourth-order valence-corrected chi connectivity index (χ4v) is 3.63. The minimum atomic E-state index is -0.749. The SMILES string of the molecule is C[C@@H](NC(=O)COC(=O)CCc1nc2ccccc2s1)c1ccc(F)cc1F. The molecule has 0 fully saturated rings. The number of ether oxygens (including phenoxy) is 1. The summed E-state index contributed by atoms with van der Waals surface area (Å²) in [7, 11) is 0. The smallest absolute Gasteiger partial charge is 0.306 e. The number of carbonyl (C=O) groups excluding carboxylic acids is 2. The van der Waals surface area contributed by atoms with Crippen LogP contribution in [0.4, 0.5) is 8.78 Å². The first-order valence-electron chi connectivity index (χ1n) is 8.67. The molecule has 1 aromatic heterocycles. The lowest BCUT2D eigenvalue weighted by molar-refractivity contribution is -0.148. The summed E-state index contributed by atoms with van der Waals surface area (Å²) in [5.74, 6) is -2.53. The minimum absolute atomic E-state index is 0.106. The van der Waals surface area contributed by atoms with Crippen molar-refractivity contribution in [3.8, 4) is 0 Å². The summed E-state index contributed by atoms with van der Waals surface area (Å²) in [4.78, 5) is 28.2. The number of hydrogen-bond acceptors (Lipinski definition) is 5. The first-order chi connectivity index (χ1) is 13.4. The van der Waals surface area contributed by atoms with Crippen LogP contribution in [0.5, 0.6) is 0 Å². The van der Waals surface area contributed by atoms with Crippen LogP contribution in [-0.4, -0.2) is 23.5 Å². The molecule has 0 aliphatic rings. The highest BCUT2D eigenvalue weighted by molar-refractivity contribution is 7.18. The molecule has 8 heteroatoms. The van der Waals surface area contributed by atoms with Gasteiger partial charge in [0.25, 0.3) is 5.91 Å². The van der Waals surface area contributed by atoms with Crippen molar-refractivity contribution in [2.24, 2.45) is 0 Å². The molecule has 3 aromatic rings. The predicted octanol–water partition coefficient (Wildman–Crippen LogP) is 3.93. The second-order valence-electron chi connectivity index (χ2n) is 6.19. The quantitative estimate of drug-likeness (QED) is 0.606. The zero-order valence-electron chi connectivity index (χ0n) is 15.1. The average Bonchev–Trinajstić information content (AvgIpc) is 3.07. The van der Waals surface area contributed by atoms with E-state index in [1.807, 2.05) is 24.3 Å². The highest BCUT2D eigenvalue weighted by atomic mass is 32.1. The van der Waals surface area contributed by atoms with Crippen LogP contribution >= 0.6 is 11.3 Å². The van der Waals surface area contributed by atoms with E-state index in [1.165, 1.54) is 17.4 Å². The molecule has 0 spiro atoms. The van der Waals surface area contributed by atoms with Gasteiger partial charge < -0.3 is 10.1 Å². The fourth-order valence-electron chi connectivity index (χ4n) is 2.67. The van der Waals surface area contributed by atoms with E-state index in [4.69, 9.17) is 4.74 Å². The third kappa shape index (κ3) is 5.10. The maximum atomic E-state index is 13.7. The molecule has 0 aliphatic heterocycles. The van der Waals surface area contributed by atoms with Crippen LogP contribution in [0.25, 0.3) is 10.2 Å². The van der Waals surface area contributed by atoms with Crippen molar-refractivity contribution in [2.45, 2.75) is 25.8 Å². The minimum Gasteiger partial charge on any atom is -0.456 e. The van der Waals surface area contributed by atoms with Gasteiger partial charge in [-0.3, -0.25) is 9.59 Å². The van der Waals surface area contributed by atoms with Gasteiger partial charge in [-0.05, 0) is 25.1 Å². The van der Waals surface area contributed by atoms with Crippen LogP contribution in [0.1, 0.15) is 30.0 Å². The Bertz CT molecular complexity index is 973. The molecule has 0 aliphatic carbocycles. The van der Waals surface area contributed by atoms with E-state index in [0.717, 1.165) is 27.4 Å². The molecule has 5 nitrogen and oxygen atoms in total. The van der Waals surface area contributed by atoms with Crippen molar-refractivity contribution in [1.29, 1.82) is 0 Å². The maximum Gasteiger partial charge on any atom is 0.306 e. The fraction of sp³-hybridized carbons (Fsp3) is 0.250. The number of nitrogens with one attached hydrogen (secondary N) is 1. The van der Waals surface area contributed by atoms with Crippen LogP contribution in [0, 0.1) is 11.6 Å². The number of para-hydroxylation sites is 1. The topological polar surface area (TPSA) is 68.3 Å². The molecule has 1 N–H and O–H groups in total. The molecule has 0 saturated carbocycles. The normalized spacial score (nSPS) is 12.0. The number of nitrogens with zero attached hydrogens (tertiary/aromatic N) is 1. The number of thiazole rings is 1. The molecule has 0 unspecified atom stereocenters. The van der Waals surface area contributed by atoms with Gasteiger partial charge in [0.2, 0.25) is 0 Å². The van der Waals surface area contributed by atoms with Crippen LogP contribution in [0.3, 0.4) is 0 Å². The van der Waals surface area contributed by atoms with Gasteiger partial charge >= 0.3 is 5.97 Å². The summed E-state index contributed by atoms with van der Waals surface area (Å²) in [5, 5.41) is 3.34. The Kier molecular flexibility index (Phi) is 6.30. The second-order valence-corrected chi connectivity index (χ2v) is 7.31. The summed E-state index contributed by atoms with van der Waals surface area (Å²) >= 11 is 1.51. The van der Waals surface area contributed by atoms with Gasteiger partial charge in [0.15, 0.2) is 6.61 Å². The van der Waals surface area contributed by atoms with Crippen molar-refractivity contribution in [3.05, 3.63) is 64.7 Å². The van der Waals surface area contributed by atoms with E-state index in [9.17, 15) is 18.4 Å².